The minimum Gasteiger partial charge on any atom is -0.334 e. The molecule has 0 atom stereocenters. The molecule has 0 aliphatic heterocycles. The second kappa shape index (κ2) is 7.52. The van der Waals surface area contributed by atoms with Crippen molar-refractivity contribution in [2.75, 3.05) is 19.6 Å². The van der Waals surface area contributed by atoms with Gasteiger partial charge < -0.3 is 10.2 Å². The van der Waals surface area contributed by atoms with Gasteiger partial charge in [0.1, 0.15) is 0 Å². The van der Waals surface area contributed by atoms with E-state index in [-0.39, 0.29) is 18.2 Å². The average molecular weight is 256 g/mol. The molecule has 18 heavy (non-hydrogen) atoms. The summed E-state index contributed by atoms with van der Waals surface area (Å²) in [6, 6.07) is 0.391. The summed E-state index contributed by atoms with van der Waals surface area (Å²) in [5.74, 6) is 0.145. The van der Waals surface area contributed by atoms with Gasteiger partial charge in [0.15, 0.2) is 5.78 Å². The minimum atomic E-state index is -0.391. The SMILES string of the molecule is CCC(=O)N(CCNC(C)C)CC(=O)C(C)(C)C. The third-order valence-corrected chi connectivity index (χ3v) is 2.76. The second-order valence-corrected chi connectivity index (χ2v) is 5.95. The lowest BCUT2D eigenvalue weighted by Gasteiger charge is -2.26. The molecule has 0 spiro atoms. The number of nitrogens with zero attached hydrogens (tertiary/aromatic N) is 1. The molecule has 0 aromatic rings. The van der Waals surface area contributed by atoms with Crippen molar-refractivity contribution in [1.82, 2.24) is 10.2 Å². The Balaban J connectivity index is 4.42. The molecule has 4 heteroatoms. The number of ketones is 1. The van der Waals surface area contributed by atoms with E-state index in [1.807, 2.05) is 27.7 Å². The molecule has 0 saturated heterocycles. The topological polar surface area (TPSA) is 49.4 Å². The standard InChI is InChI=1S/C14H28N2O2/c1-7-13(18)16(9-8-15-11(2)3)10-12(17)14(4,5)6/h11,15H,7-10H2,1-6H3. The van der Waals surface area contributed by atoms with Gasteiger partial charge in [0.05, 0.1) is 6.54 Å². The highest BCUT2D eigenvalue weighted by molar-refractivity contribution is 5.89. The summed E-state index contributed by atoms with van der Waals surface area (Å²) in [6.45, 7) is 13.1. The second-order valence-electron chi connectivity index (χ2n) is 5.95. The van der Waals surface area contributed by atoms with E-state index in [4.69, 9.17) is 0 Å². The largest absolute Gasteiger partial charge is 0.334 e. The van der Waals surface area contributed by atoms with Crippen molar-refractivity contribution >= 4 is 11.7 Å². The molecule has 0 aliphatic rings. The highest BCUT2D eigenvalue weighted by atomic mass is 16.2. The van der Waals surface area contributed by atoms with E-state index in [1.165, 1.54) is 0 Å². The Morgan fingerprint density at radius 2 is 1.78 bits per heavy atom. The molecule has 0 heterocycles. The van der Waals surface area contributed by atoms with Crippen LogP contribution in [0, 0.1) is 5.41 Å². The van der Waals surface area contributed by atoms with Gasteiger partial charge in [0.2, 0.25) is 5.91 Å². The van der Waals surface area contributed by atoms with E-state index in [0.717, 1.165) is 6.54 Å². The number of hydrogen-bond acceptors (Lipinski definition) is 3. The van der Waals surface area contributed by atoms with Gasteiger partial charge in [-0.05, 0) is 0 Å². The van der Waals surface area contributed by atoms with E-state index in [9.17, 15) is 9.59 Å². The number of rotatable bonds is 7. The molecule has 0 fully saturated rings. The number of amides is 1. The van der Waals surface area contributed by atoms with Crippen LogP contribution >= 0.6 is 0 Å². The third kappa shape index (κ3) is 6.74. The van der Waals surface area contributed by atoms with Crippen LogP contribution in [0.2, 0.25) is 0 Å². The van der Waals surface area contributed by atoms with Crippen molar-refractivity contribution in [2.45, 2.75) is 54.0 Å². The van der Waals surface area contributed by atoms with Crippen molar-refractivity contribution in [3.63, 3.8) is 0 Å². The maximum absolute atomic E-state index is 12.0. The molecular formula is C14H28N2O2. The smallest absolute Gasteiger partial charge is 0.222 e. The minimum absolute atomic E-state index is 0.0400. The van der Waals surface area contributed by atoms with Crippen molar-refractivity contribution in [3.05, 3.63) is 0 Å². The fourth-order valence-corrected chi connectivity index (χ4v) is 1.41. The maximum atomic E-state index is 12.0. The van der Waals surface area contributed by atoms with E-state index < -0.39 is 5.41 Å². The van der Waals surface area contributed by atoms with Gasteiger partial charge in [-0.3, -0.25) is 9.59 Å². The maximum Gasteiger partial charge on any atom is 0.222 e. The predicted octanol–water partition coefficient (Wildman–Crippen LogP) is 1.84. The van der Waals surface area contributed by atoms with Crippen LogP contribution in [0.1, 0.15) is 48.0 Å². The van der Waals surface area contributed by atoms with Crippen molar-refractivity contribution in [3.8, 4) is 0 Å². The Labute approximate surface area is 111 Å². The number of nitrogens with one attached hydrogen (secondary N) is 1. The van der Waals surface area contributed by atoms with Gasteiger partial charge in [-0.2, -0.15) is 0 Å². The molecule has 0 aliphatic carbocycles. The predicted molar refractivity (Wildman–Crippen MR) is 74.5 cm³/mol. The summed E-state index contributed by atoms with van der Waals surface area (Å²) in [5.41, 5.74) is -0.391. The van der Waals surface area contributed by atoms with Crippen LogP contribution in [0.5, 0.6) is 0 Å². The summed E-state index contributed by atoms with van der Waals surface area (Å²) in [7, 11) is 0. The Morgan fingerprint density at radius 3 is 2.17 bits per heavy atom. The molecule has 0 aromatic carbocycles. The first kappa shape index (κ1) is 17.1. The number of carbonyl (C=O) groups is 2. The van der Waals surface area contributed by atoms with E-state index in [2.05, 4.69) is 19.2 Å². The zero-order chi connectivity index (χ0) is 14.3. The van der Waals surface area contributed by atoms with Crippen LogP contribution < -0.4 is 5.32 Å². The molecule has 4 nitrogen and oxygen atoms in total. The van der Waals surface area contributed by atoms with Gasteiger partial charge in [-0.25, -0.2) is 0 Å². The van der Waals surface area contributed by atoms with Crippen molar-refractivity contribution in [2.24, 2.45) is 5.41 Å². The number of carbonyl (C=O) groups excluding carboxylic acids is 2. The lowest BCUT2D eigenvalue weighted by molar-refractivity contribution is -0.137. The molecule has 0 unspecified atom stereocenters. The summed E-state index contributed by atoms with van der Waals surface area (Å²) in [5, 5.41) is 3.26. The number of hydrogen-bond donors (Lipinski definition) is 1. The lowest BCUT2D eigenvalue weighted by atomic mass is 9.90. The van der Waals surface area contributed by atoms with Crippen molar-refractivity contribution < 1.29 is 9.59 Å². The normalized spacial score (nSPS) is 11.7. The molecule has 0 aromatic heterocycles. The average Bonchev–Trinajstić information content (AvgIpc) is 2.24. The zero-order valence-electron chi connectivity index (χ0n) is 12.7. The van der Waals surface area contributed by atoms with Gasteiger partial charge in [0, 0.05) is 31.0 Å². The molecule has 1 N–H and O–H groups in total. The summed E-state index contributed by atoms with van der Waals surface area (Å²) < 4.78 is 0. The van der Waals surface area contributed by atoms with Gasteiger partial charge in [-0.15, -0.1) is 0 Å². The fraction of sp³-hybridized carbons (Fsp3) is 0.857. The highest BCUT2D eigenvalue weighted by Gasteiger charge is 2.25. The Morgan fingerprint density at radius 1 is 1.22 bits per heavy atom. The Hall–Kier alpha value is -0.900. The summed E-state index contributed by atoms with van der Waals surface area (Å²) in [4.78, 5) is 25.4. The first-order valence-electron chi connectivity index (χ1n) is 6.73. The third-order valence-electron chi connectivity index (χ3n) is 2.76. The molecule has 1 amide bonds. The van der Waals surface area contributed by atoms with Crippen molar-refractivity contribution in [1.29, 1.82) is 0 Å². The molecule has 0 saturated carbocycles. The van der Waals surface area contributed by atoms with Gasteiger partial charge in [-0.1, -0.05) is 41.5 Å². The zero-order valence-corrected chi connectivity index (χ0v) is 12.7. The van der Waals surface area contributed by atoms with E-state index >= 15 is 0 Å². The monoisotopic (exact) mass is 256 g/mol. The van der Waals surface area contributed by atoms with Crippen LogP contribution in [-0.2, 0) is 9.59 Å². The van der Waals surface area contributed by atoms with Crippen LogP contribution in [0.4, 0.5) is 0 Å². The van der Waals surface area contributed by atoms with Gasteiger partial charge in [0.25, 0.3) is 0 Å². The van der Waals surface area contributed by atoms with Crippen LogP contribution in [0.15, 0.2) is 0 Å². The lowest BCUT2D eigenvalue weighted by Crippen LogP contribution is -2.43. The number of Topliss-reactive ketones (excluding diaryl/α,β-unsaturated/α-hetero) is 1. The summed E-state index contributed by atoms with van der Waals surface area (Å²) in [6.07, 6.45) is 0.444. The Kier molecular flexibility index (Phi) is 7.14. The quantitative estimate of drug-likeness (QED) is 0.756. The first-order chi connectivity index (χ1) is 8.18. The molecule has 0 rings (SSSR count). The van der Waals surface area contributed by atoms with E-state index in [0.29, 0.717) is 19.0 Å². The first-order valence-corrected chi connectivity index (χ1v) is 6.73. The molecular weight excluding hydrogens is 228 g/mol. The molecule has 0 radical (unpaired) electrons. The van der Waals surface area contributed by atoms with Crippen LogP contribution in [0.3, 0.4) is 0 Å². The Bertz CT molecular complexity index is 280. The fourth-order valence-electron chi connectivity index (χ4n) is 1.41. The molecule has 106 valence electrons. The van der Waals surface area contributed by atoms with E-state index in [1.54, 1.807) is 4.90 Å². The molecule has 0 bridgehead atoms. The van der Waals surface area contributed by atoms with Crippen LogP contribution in [0.25, 0.3) is 0 Å². The van der Waals surface area contributed by atoms with Gasteiger partial charge >= 0.3 is 0 Å². The van der Waals surface area contributed by atoms with Crippen LogP contribution in [-0.4, -0.2) is 42.3 Å². The summed E-state index contributed by atoms with van der Waals surface area (Å²) >= 11 is 0. The highest BCUT2D eigenvalue weighted by Crippen LogP contribution is 2.15.